The normalized spacial score (nSPS) is 60.9. The zero-order chi connectivity index (χ0) is 22.4. The van der Waals surface area contributed by atoms with E-state index in [-0.39, 0.29) is 58.3 Å². The molecular formula is C25H35NO6. The van der Waals surface area contributed by atoms with Gasteiger partial charge in [0.25, 0.3) is 0 Å². The fraction of sp³-hybridized carbons (Fsp3) is 0.920. The third kappa shape index (κ3) is 1.92. The van der Waals surface area contributed by atoms with Crippen LogP contribution >= 0.6 is 0 Å². The number of esters is 2. The van der Waals surface area contributed by atoms with Gasteiger partial charge in [0.2, 0.25) is 0 Å². The zero-order valence-corrected chi connectivity index (χ0v) is 19.5. The van der Waals surface area contributed by atoms with Gasteiger partial charge < -0.3 is 24.2 Å². The van der Waals surface area contributed by atoms with Crippen molar-refractivity contribution in [3.8, 4) is 0 Å². The number of aliphatic hydroxyl groups excluding tert-OH is 1. The van der Waals surface area contributed by atoms with Gasteiger partial charge in [-0.2, -0.15) is 0 Å². The maximum absolute atomic E-state index is 12.2. The lowest BCUT2D eigenvalue weighted by molar-refractivity contribution is -0.275. The van der Waals surface area contributed by atoms with E-state index in [2.05, 4.69) is 18.9 Å². The van der Waals surface area contributed by atoms with Crippen LogP contribution < -0.4 is 0 Å². The van der Waals surface area contributed by atoms with Crippen molar-refractivity contribution >= 4 is 11.9 Å². The number of rotatable bonds is 2. The third-order valence-corrected chi connectivity index (χ3v) is 11.6. The van der Waals surface area contributed by atoms with Crippen LogP contribution in [-0.4, -0.2) is 72.1 Å². The van der Waals surface area contributed by atoms with Crippen LogP contribution in [0.5, 0.6) is 0 Å². The van der Waals surface area contributed by atoms with Crippen LogP contribution in [0.15, 0.2) is 0 Å². The second-order valence-electron chi connectivity index (χ2n) is 12.6. The van der Waals surface area contributed by atoms with Crippen LogP contribution in [0.4, 0.5) is 0 Å². The van der Waals surface area contributed by atoms with E-state index in [1.807, 2.05) is 0 Å². The summed E-state index contributed by atoms with van der Waals surface area (Å²) in [6.45, 7) is 7.07. The molecule has 6 saturated carbocycles. The quantitative estimate of drug-likeness (QED) is 0.512. The maximum Gasteiger partial charge on any atom is 0.302 e. The highest BCUT2D eigenvalue weighted by Crippen LogP contribution is 2.85. The minimum Gasteiger partial charge on any atom is -0.462 e. The number of carbonyl (C=O) groups is 2. The van der Waals surface area contributed by atoms with E-state index in [1.54, 1.807) is 0 Å². The first kappa shape index (κ1) is 20.2. The Kier molecular flexibility index (Phi) is 3.61. The molecule has 2 aliphatic heterocycles. The van der Waals surface area contributed by atoms with Gasteiger partial charge in [0.15, 0.2) is 0 Å². The van der Waals surface area contributed by atoms with Crippen LogP contribution in [0.1, 0.15) is 52.9 Å². The molecule has 3 unspecified atom stereocenters. The number of ether oxygens (including phenoxy) is 3. The summed E-state index contributed by atoms with van der Waals surface area (Å²) in [4.78, 5) is 26.8. The molecule has 7 bridgehead atoms. The lowest BCUT2D eigenvalue weighted by Gasteiger charge is -2.69. The summed E-state index contributed by atoms with van der Waals surface area (Å²) in [5.74, 6) is 0.636. The van der Waals surface area contributed by atoms with E-state index < -0.39 is 11.7 Å². The van der Waals surface area contributed by atoms with Crippen molar-refractivity contribution in [2.75, 3.05) is 20.2 Å². The molecule has 0 aromatic heterocycles. The van der Waals surface area contributed by atoms with Crippen LogP contribution in [0.3, 0.4) is 0 Å². The van der Waals surface area contributed by atoms with Gasteiger partial charge in [0.1, 0.15) is 17.8 Å². The Morgan fingerprint density at radius 1 is 1.09 bits per heavy atom. The van der Waals surface area contributed by atoms with Gasteiger partial charge in [0.05, 0.1) is 12.7 Å². The van der Waals surface area contributed by atoms with Crippen LogP contribution in [0.2, 0.25) is 0 Å². The predicted octanol–water partition coefficient (Wildman–Crippen LogP) is 1.76. The Morgan fingerprint density at radius 3 is 2.44 bits per heavy atom. The minimum absolute atomic E-state index is 0.0131. The number of likely N-dealkylation sites (tertiary alicyclic amines) is 1. The molecule has 3 spiro atoms. The van der Waals surface area contributed by atoms with Gasteiger partial charge in [-0.1, -0.05) is 6.92 Å². The molecule has 7 heteroatoms. The van der Waals surface area contributed by atoms with Crippen molar-refractivity contribution in [1.82, 2.24) is 4.90 Å². The first-order valence-electron chi connectivity index (χ1n) is 12.5. The second kappa shape index (κ2) is 5.72. The number of hydrogen-bond donors (Lipinski definition) is 1. The third-order valence-electron chi connectivity index (χ3n) is 11.6. The predicted molar refractivity (Wildman–Crippen MR) is 112 cm³/mol. The largest absolute Gasteiger partial charge is 0.462 e. The van der Waals surface area contributed by atoms with E-state index in [0.29, 0.717) is 24.9 Å². The van der Waals surface area contributed by atoms with Gasteiger partial charge in [-0.3, -0.25) is 9.59 Å². The number of piperidine rings is 1. The van der Waals surface area contributed by atoms with E-state index in [4.69, 9.17) is 14.2 Å². The molecule has 0 aromatic carbocycles. The molecular weight excluding hydrogens is 410 g/mol. The van der Waals surface area contributed by atoms with Gasteiger partial charge in [-0.15, -0.1) is 0 Å². The average Bonchev–Trinajstić information content (AvgIpc) is 3.36. The molecule has 0 aromatic rings. The Hall–Kier alpha value is -1.18. The number of hydrogen-bond acceptors (Lipinski definition) is 7. The van der Waals surface area contributed by atoms with E-state index in [9.17, 15) is 14.7 Å². The average molecular weight is 446 g/mol. The summed E-state index contributed by atoms with van der Waals surface area (Å²) in [7, 11) is 2.24. The van der Waals surface area contributed by atoms with Gasteiger partial charge in [-0.25, -0.2) is 0 Å². The van der Waals surface area contributed by atoms with Gasteiger partial charge in [-0.05, 0) is 62.3 Å². The smallest absolute Gasteiger partial charge is 0.302 e. The Bertz CT molecular complexity index is 918. The molecule has 1 N–H and O–H groups in total. The lowest BCUT2D eigenvalue weighted by atomic mass is 9.38. The molecule has 0 radical (unpaired) electrons. The molecule has 12 atom stereocenters. The molecule has 8 rings (SSSR count). The van der Waals surface area contributed by atoms with Crippen molar-refractivity contribution in [3.63, 3.8) is 0 Å². The number of carbonyl (C=O) groups excluding carboxylic acids is 2. The fourth-order valence-corrected chi connectivity index (χ4v) is 11.2. The number of aliphatic hydroxyl groups is 1. The van der Waals surface area contributed by atoms with E-state index in [0.717, 1.165) is 32.2 Å². The molecule has 2 saturated heterocycles. The highest BCUT2D eigenvalue weighted by atomic mass is 16.6. The zero-order valence-electron chi connectivity index (χ0n) is 19.5. The molecule has 8 aliphatic rings. The Balaban J connectivity index is 1.42. The second-order valence-corrected chi connectivity index (χ2v) is 12.6. The summed E-state index contributed by atoms with van der Waals surface area (Å²) < 4.78 is 18.1. The summed E-state index contributed by atoms with van der Waals surface area (Å²) in [6, 6.07) is 0.288. The van der Waals surface area contributed by atoms with Crippen molar-refractivity contribution in [2.45, 2.75) is 82.8 Å². The molecule has 0 amide bonds. The van der Waals surface area contributed by atoms with Gasteiger partial charge >= 0.3 is 11.9 Å². The molecule has 176 valence electrons. The maximum atomic E-state index is 12.2. The summed E-state index contributed by atoms with van der Waals surface area (Å²) >= 11 is 0. The SMILES string of the molecule is CC(=O)O[C@H]1CC[C@@]2(C)CN(C)[C@@H]3C4CC2[C@@]13C1C[C@@H]2[C@H](OC(C)=O)C[C@]41[C@H](O)[C@]21CO1. The lowest BCUT2D eigenvalue weighted by Crippen LogP contribution is -2.73. The van der Waals surface area contributed by atoms with Crippen LogP contribution in [0, 0.1) is 39.9 Å². The topological polar surface area (TPSA) is 88.6 Å². The van der Waals surface area contributed by atoms with Crippen molar-refractivity contribution in [2.24, 2.45) is 39.9 Å². The van der Waals surface area contributed by atoms with Crippen LogP contribution in [0.25, 0.3) is 0 Å². The molecule has 6 aliphatic carbocycles. The molecule has 7 nitrogen and oxygen atoms in total. The monoisotopic (exact) mass is 445 g/mol. The van der Waals surface area contributed by atoms with E-state index >= 15 is 0 Å². The Morgan fingerprint density at radius 2 is 1.78 bits per heavy atom. The van der Waals surface area contributed by atoms with Crippen molar-refractivity contribution < 1.29 is 28.9 Å². The van der Waals surface area contributed by atoms with Crippen molar-refractivity contribution in [3.05, 3.63) is 0 Å². The first-order chi connectivity index (χ1) is 15.1. The summed E-state index contributed by atoms with van der Waals surface area (Å²) in [5, 5.41) is 12.0. The standard InChI is InChI=1S/C25H35NO6/c1-12(27)31-16-9-23-15-8-17-22(3)6-5-19(32-13(2)28)25(17,20(15)26(4)10-22)18(23)7-14(16)24(11-30-24)21(23)29/h14-21,29H,5-11H2,1-4H3/t14-,15?,16-,17?,18?,19+,20-,21+,22+,23+,24+,25-/m1/s1. The number of epoxide rings is 1. The number of nitrogens with zero attached hydrogens (tertiary/aromatic N) is 1. The fourth-order valence-electron chi connectivity index (χ4n) is 11.2. The summed E-state index contributed by atoms with van der Waals surface area (Å²) in [6.07, 6.45) is 3.80. The summed E-state index contributed by atoms with van der Waals surface area (Å²) in [5.41, 5.74) is -0.824. The number of fused-ring (bicyclic) bond motifs is 1. The van der Waals surface area contributed by atoms with E-state index in [1.165, 1.54) is 13.8 Å². The first-order valence-corrected chi connectivity index (χ1v) is 12.5. The van der Waals surface area contributed by atoms with Crippen LogP contribution in [-0.2, 0) is 23.8 Å². The molecule has 2 heterocycles. The van der Waals surface area contributed by atoms with Crippen molar-refractivity contribution in [1.29, 1.82) is 0 Å². The molecule has 8 fully saturated rings. The minimum atomic E-state index is -0.558. The molecule has 32 heavy (non-hydrogen) atoms. The highest BCUT2D eigenvalue weighted by Gasteiger charge is 2.89. The highest BCUT2D eigenvalue weighted by molar-refractivity contribution is 5.67. The van der Waals surface area contributed by atoms with Gasteiger partial charge in [0, 0.05) is 43.2 Å². The Labute approximate surface area is 189 Å².